The molecule has 0 fully saturated rings. The second-order valence-corrected chi connectivity index (χ2v) is 15.6. The molecule has 6 heteroatoms. The van der Waals surface area contributed by atoms with Crippen LogP contribution in [-0.2, 0) is 28.6 Å². The number of ether oxygens (including phenoxy) is 3. The van der Waals surface area contributed by atoms with E-state index in [1.165, 1.54) is 109 Å². The molecular weight excluding hydrogens is 612 g/mol. The zero-order valence-electron chi connectivity index (χ0n) is 33.3. The molecule has 0 unspecified atom stereocenters. The fourth-order valence-corrected chi connectivity index (χ4v) is 6.22. The minimum atomic E-state index is -0.758. The molecule has 0 saturated heterocycles. The zero-order valence-corrected chi connectivity index (χ0v) is 33.3. The Labute approximate surface area is 304 Å². The molecule has 290 valence electrons. The summed E-state index contributed by atoms with van der Waals surface area (Å²) < 4.78 is 16.5. The summed E-state index contributed by atoms with van der Waals surface area (Å²) >= 11 is 0. The van der Waals surface area contributed by atoms with Gasteiger partial charge in [0.2, 0.25) is 0 Å². The van der Waals surface area contributed by atoms with Gasteiger partial charge in [0.05, 0.1) is 0 Å². The van der Waals surface area contributed by atoms with Crippen molar-refractivity contribution in [3.63, 3.8) is 0 Å². The SMILES string of the molecule is CCCCCCCC(=O)OC[C@@H](COC(=O)CCCCCCCCCCCCCCCCC(C)C)OC(=O)CCCCCCCCC(C)C. The summed E-state index contributed by atoms with van der Waals surface area (Å²) in [5, 5.41) is 0. The van der Waals surface area contributed by atoms with Crippen LogP contribution in [0.3, 0.4) is 0 Å². The molecule has 6 nitrogen and oxygen atoms in total. The number of rotatable bonds is 37. The lowest BCUT2D eigenvalue weighted by atomic mass is 10.0. The summed E-state index contributed by atoms with van der Waals surface area (Å²) in [6.45, 7) is 11.2. The van der Waals surface area contributed by atoms with Crippen LogP contribution in [-0.4, -0.2) is 37.2 Å². The van der Waals surface area contributed by atoms with Crippen molar-refractivity contribution >= 4 is 17.9 Å². The summed E-state index contributed by atoms with van der Waals surface area (Å²) in [4.78, 5) is 37.3. The Kier molecular flexibility index (Phi) is 35.0. The molecule has 0 saturated carbocycles. The molecular formula is C43H82O6. The van der Waals surface area contributed by atoms with Crippen molar-refractivity contribution in [3.8, 4) is 0 Å². The Bertz CT molecular complexity index is 749. The lowest BCUT2D eigenvalue weighted by Crippen LogP contribution is -2.30. The van der Waals surface area contributed by atoms with Crippen molar-refractivity contribution in [2.45, 2.75) is 233 Å². The molecule has 0 bridgehead atoms. The molecule has 49 heavy (non-hydrogen) atoms. The predicted molar refractivity (Wildman–Crippen MR) is 206 cm³/mol. The Balaban J connectivity index is 4.14. The molecule has 0 amide bonds. The van der Waals surface area contributed by atoms with Gasteiger partial charge in [-0.2, -0.15) is 0 Å². The van der Waals surface area contributed by atoms with Gasteiger partial charge in [0.1, 0.15) is 13.2 Å². The van der Waals surface area contributed by atoms with E-state index in [4.69, 9.17) is 14.2 Å². The molecule has 0 radical (unpaired) electrons. The van der Waals surface area contributed by atoms with Crippen LogP contribution < -0.4 is 0 Å². The number of carbonyl (C=O) groups is 3. The van der Waals surface area contributed by atoms with Crippen LogP contribution >= 0.6 is 0 Å². The maximum Gasteiger partial charge on any atom is 0.306 e. The van der Waals surface area contributed by atoms with Crippen LogP contribution in [0.2, 0.25) is 0 Å². The lowest BCUT2D eigenvalue weighted by molar-refractivity contribution is -0.167. The minimum Gasteiger partial charge on any atom is -0.462 e. The minimum absolute atomic E-state index is 0.0671. The highest BCUT2D eigenvalue weighted by Crippen LogP contribution is 2.16. The van der Waals surface area contributed by atoms with Crippen molar-refractivity contribution in [2.24, 2.45) is 11.8 Å². The number of carbonyl (C=O) groups excluding carboxylic acids is 3. The highest BCUT2D eigenvalue weighted by Gasteiger charge is 2.19. The third-order valence-electron chi connectivity index (χ3n) is 9.47. The normalized spacial score (nSPS) is 12.1. The topological polar surface area (TPSA) is 78.9 Å². The molecule has 0 heterocycles. The second kappa shape index (κ2) is 36.2. The summed E-state index contributed by atoms with van der Waals surface area (Å²) in [6.07, 6.45) is 32.8. The molecule has 0 N–H and O–H groups in total. The van der Waals surface area contributed by atoms with Crippen LogP contribution in [0.15, 0.2) is 0 Å². The van der Waals surface area contributed by atoms with Gasteiger partial charge in [0.25, 0.3) is 0 Å². The van der Waals surface area contributed by atoms with E-state index in [1.54, 1.807) is 0 Å². The largest absolute Gasteiger partial charge is 0.462 e. The van der Waals surface area contributed by atoms with E-state index >= 15 is 0 Å². The third kappa shape index (κ3) is 37.5. The third-order valence-corrected chi connectivity index (χ3v) is 9.47. The van der Waals surface area contributed by atoms with Gasteiger partial charge < -0.3 is 14.2 Å². The molecule has 0 aliphatic heterocycles. The van der Waals surface area contributed by atoms with Gasteiger partial charge in [-0.15, -0.1) is 0 Å². The molecule has 0 aliphatic rings. The van der Waals surface area contributed by atoms with Gasteiger partial charge in [0, 0.05) is 19.3 Å². The van der Waals surface area contributed by atoms with E-state index in [-0.39, 0.29) is 31.1 Å². The van der Waals surface area contributed by atoms with Crippen LogP contribution in [0.1, 0.15) is 227 Å². The summed E-state index contributed by atoms with van der Waals surface area (Å²) in [5.74, 6) is 0.724. The van der Waals surface area contributed by atoms with Crippen molar-refractivity contribution in [3.05, 3.63) is 0 Å². The van der Waals surface area contributed by atoms with Crippen molar-refractivity contribution in [1.29, 1.82) is 0 Å². The molecule has 0 aliphatic carbocycles. The molecule has 0 aromatic carbocycles. The average molecular weight is 695 g/mol. The highest BCUT2D eigenvalue weighted by atomic mass is 16.6. The number of unbranched alkanes of at least 4 members (excludes halogenated alkanes) is 22. The van der Waals surface area contributed by atoms with E-state index in [1.807, 2.05) is 0 Å². The van der Waals surface area contributed by atoms with E-state index in [2.05, 4.69) is 34.6 Å². The zero-order chi connectivity index (χ0) is 36.2. The Hall–Kier alpha value is -1.59. The van der Waals surface area contributed by atoms with E-state index in [0.29, 0.717) is 19.3 Å². The van der Waals surface area contributed by atoms with E-state index in [9.17, 15) is 14.4 Å². The van der Waals surface area contributed by atoms with Crippen molar-refractivity contribution < 1.29 is 28.6 Å². The summed E-state index contributed by atoms with van der Waals surface area (Å²) in [6, 6.07) is 0. The average Bonchev–Trinajstić information content (AvgIpc) is 3.06. The fraction of sp³-hybridized carbons (Fsp3) is 0.930. The fourth-order valence-electron chi connectivity index (χ4n) is 6.22. The Morgan fingerprint density at radius 3 is 1.00 bits per heavy atom. The molecule has 0 aromatic heterocycles. The van der Waals surface area contributed by atoms with Gasteiger partial charge >= 0.3 is 17.9 Å². The number of esters is 3. The standard InChI is InChI=1S/C43H82O6/c1-6-7-8-21-28-33-41(44)47-36-40(49-43(46)35-30-25-20-19-23-27-32-39(4)5)37-48-42(45)34-29-24-18-16-14-12-10-9-11-13-15-17-22-26-31-38(2)3/h38-40H,6-37H2,1-5H3/t40-/m0/s1. The molecule has 0 aromatic rings. The van der Waals surface area contributed by atoms with Gasteiger partial charge in [-0.05, 0) is 31.1 Å². The molecule has 1 atom stereocenters. The second-order valence-electron chi connectivity index (χ2n) is 15.6. The van der Waals surface area contributed by atoms with Gasteiger partial charge in [-0.3, -0.25) is 14.4 Å². The van der Waals surface area contributed by atoms with Crippen LogP contribution in [0.5, 0.6) is 0 Å². The monoisotopic (exact) mass is 695 g/mol. The van der Waals surface area contributed by atoms with Gasteiger partial charge in [-0.25, -0.2) is 0 Å². The van der Waals surface area contributed by atoms with E-state index < -0.39 is 6.10 Å². The quantitative estimate of drug-likeness (QED) is 0.0366. The van der Waals surface area contributed by atoms with E-state index in [0.717, 1.165) is 76.0 Å². The Morgan fingerprint density at radius 2 is 0.673 bits per heavy atom. The van der Waals surface area contributed by atoms with Crippen molar-refractivity contribution in [2.75, 3.05) is 13.2 Å². The highest BCUT2D eigenvalue weighted by molar-refractivity contribution is 5.71. The van der Waals surface area contributed by atoms with Crippen LogP contribution in [0, 0.1) is 11.8 Å². The summed E-state index contributed by atoms with van der Waals surface area (Å²) in [5.41, 5.74) is 0. The van der Waals surface area contributed by atoms with Gasteiger partial charge in [-0.1, -0.05) is 189 Å². The smallest absolute Gasteiger partial charge is 0.306 e. The van der Waals surface area contributed by atoms with Gasteiger partial charge in [0.15, 0.2) is 6.10 Å². The first kappa shape index (κ1) is 47.4. The summed E-state index contributed by atoms with van der Waals surface area (Å²) in [7, 11) is 0. The first-order chi connectivity index (χ1) is 23.7. The maximum absolute atomic E-state index is 12.6. The molecule has 0 spiro atoms. The van der Waals surface area contributed by atoms with Crippen LogP contribution in [0.4, 0.5) is 0 Å². The first-order valence-corrected chi connectivity index (χ1v) is 21.2. The Morgan fingerprint density at radius 1 is 0.388 bits per heavy atom. The number of hydrogen-bond donors (Lipinski definition) is 0. The predicted octanol–water partition coefficient (Wildman–Crippen LogP) is 13.0. The first-order valence-electron chi connectivity index (χ1n) is 21.2. The lowest BCUT2D eigenvalue weighted by Gasteiger charge is -2.18. The maximum atomic E-state index is 12.6. The van der Waals surface area contributed by atoms with Crippen molar-refractivity contribution in [1.82, 2.24) is 0 Å². The van der Waals surface area contributed by atoms with Crippen LogP contribution in [0.25, 0.3) is 0 Å². The number of hydrogen-bond acceptors (Lipinski definition) is 6. The molecule has 0 rings (SSSR count).